The van der Waals surface area contributed by atoms with E-state index in [0.29, 0.717) is 17.4 Å². The Morgan fingerprint density at radius 3 is 2.76 bits per heavy atom. The molecule has 0 radical (unpaired) electrons. The van der Waals surface area contributed by atoms with E-state index >= 15 is 0 Å². The van der Waals surface area contributed by atoms with E-state index in [2.05, 4.69) is 26.0 Å². The molecule has 2 aromatic rings. The van der Waals surface area contributed by atoms with Gasteiger partial charge in [-0.25, -0.2) is 4.68 Å². The second kappa shape index (κ2) is 4.75. The zero-order valence-electron chi connectivity index (χ0n) is 9.59. The van der Waals surface area contributed by atoms with Gasteiger partial charge in [-0.2, -0.15) is 10.1 Å². The Morgan fingerprint density at radius 1 is 1.41 bits per heavy atom. The first kappa shape index (κ1) is 11.9. The number of halogens is 1. The van der Waals surface area contributed by atoms with Crippen molar-refractivity contribution >= 4 is 21.6 Å². The van der Waals surface area contributed by atoms with Crippen LogP contribution in [0.5, 0.6) is 5.88 Å². The van der Waals surface area contributed by atoms with Gasteiger partial charge in [0.25, 0.3) is 0 Å². The normalized spacial score (nSPS) is 10.8. The molecule has 90 valence electrons. The standard InChI is InChI=1S/C11H13BrN4O/c1-7(2)17-11-9(13)3-4-10(15-11)16-6-8(12)5-14-16/h3-7H,13H2,1-2H3. The quantitative estimate of drug-likeness (QED) is 0.944. The van der Waals surface area contributed by atoms with Crippen molar-refractivity contribution in [1.82, 2.24) is 14.8 Å². The van der Waals surface area contributed by atoms with Crippen molar-refractivity contribution in [3.63, 3.8) is 0 Å². The van der Waals surface area contributed by atoms with Crippen LogP contribution < -0.4 is 10.5 Å². The third-order valence-electron chi connectivity index (χ3n) is 2.01. The SMILES string of the molecule is CC(C)Oc1nc(-n2cc(Br)cn2)ccc1N. The topological polar surface area (TPSA) is 66.0 Å². The molecule has 0 aromatic carbocycles. The van der Waals surface area contributed by atoms with E-state index in [-0.39, 0.29) is 6.10 Å². The van der Waals surface area contributed by atoms with Gasteiger partial charge in [-0.1, -0.05) is 0 Å². The molecule has 0 saturated carbocycles. The minimum Gasteiger partial charge on any atom is -0.473 e. The number of aromatic nitrogens is 3. The van der Waals surface area contributed by atoms with Crippen molar-refractivity contribution in [2.24, 2.45) is 0 Å². The lowest BCUT2D eigenvalue weighted by Gasteiger charge is -2.11. The van der Waals surface area contributed by atoms with Gasteiger partial charge in [0.1, 0.15) is 0 Å². The number of nitrogen functional groups attached to an aromatic ring is 1. The van der Waals surface area contributed by atoms with Crippen LogP contribution in [0.15, 0.2) is 29.0 Å². The maximum atomic E-state index is 5.79. The molecule has 0 aliphatic heterocycles. The van der Waals surface area contributed by atoms with Gasteiger partial charge in [0.2, 0.25) is 5.88 Å². The Kier molecular flexibility index (Phi) is 3.33. The van der Waals surface area contributed by atoms with Crippen molar-refractivity contribution < 1.29 is 4.74 Å². The number of pyridine rings is 1. The zero-order valence-corrected chi connectivity index (χ0v) is 11.2. The van der Waals surface area contributed by atoms with E-state index in [4.69, 9.17) is 10.5 Å². The number of nitrogens with zero attached hydrogens (tertiary/aromatic N) is 3. The molecule has 0 unspecified atom stereocenters. The third kappa shape index (κ3) is 2.76. The first-order chi connectivity index (χ1) is 8.06. The lowest BCUT2D eigenvalue weighted by Crippen LogP contribution is -2.10. The Balaban J connectivity index is 2.36. The van der Waals surface area contributed by atoms with Crippen LogP contribution in [0.2, 0.25) is 0 Å². The van der Waals surface area contributed by atoms with Gasteiger partial charge in [0.15, 0.2) is 5.82 Å². The van der Waals surface area contributed by atoms with Crippen LogP contribution in [0.1, 0.15) is 13.8 Å². The minimum absolute atomic E-state index is 0.0319. The maximum Gasteiger partial charge on any atom is 0.239 e. The lowest BCUT2D eigenvalue weighted by molar-refractivity contribution is 0.234. The van der Waals surface area contributed by atoms with Gasteiger partial charge in [0.05, 0.1) is 22.5 Å². The molecular formula is C11H13BrN4O. The summed E-state index contributed by atoms with van der Waals surface area (Å²) in [6.07, 6.45) is 3.54. The monoisotopic (exact) mass is 296 g/mol. The smallest absolute Gasteiger partial charge is 0.239 e. The molecule has 2 aromatic heterocycles. The summed E-state index contributed by atoms with van der Waals surface area (Å²) in [7, 11) is 0. The predicted molar refractivity (Wildman–Crippen MR) is 69.2 cm³/mol. The molecule has 0 fully saturated rings. The van der Waals surface area contributed by atoms with Crippen LogP contribution in [0.4, 0.5) is 5.69 Å². The zero-order chi connectivity index (χ0) is 12.4. The van der Waals surface area contributed by atoms with E-state index in [1.807, 2.05) is 20.0 Å². The van der Waals surface area contributed by atoms with Crippen LogP contribution in [0.25, 0.3) is 5.82 Å². The molecule has 2 N–H and O–H groups in total. The van der Waals surface area contributed by atoms with Gasteiger partial charge in [-0.3, -0.25) is 0 Å². The number of rotatable bonds is 3. The van der Waals surface area contributed by atoms with Gasteiger partial charge in [0, 0.05) is 6.20 Å². The molecule has 0 aliphatic rings. The molecule has 17 heavy (non-hydrogen) atoms. The first-order valence-electron chi connectivity index (χ1n) is 5.20. The summed E-state index contributed by atoms with van der Waals surface area (Å²) in [6.45, 7) is 3.86. The molecule has 2 heterocycles. The Hall–Kier alpha value is -1.56. The summed E-state index contributed by atoms with van der Waals surface area (Å²) in [5.74, 6) is 1.10. The Bertz CT molecular complexity index is 524. The van der Waals surface area contributed by atoms with Crippen molar-refractivity contribution in [3.8, 4) is 11.7 Å². The third-order valence-corrected chi connectivity index (χ3v) is 2.42. The summed E-state index contributed by atoms with van der Waals surface area (Å²) < 4.78 is 8.07. The van der Waals surface area contributed by atoms with E-state index in [1.165, 1.54) is 0 Å². The summed E-state index contributed by atoms with van der Waals surface area (Å²) in [5.41, 5.74) is 6.32. The van der Waals surface area contributed by atoms with Crippen LogP contribution in [-0.4, -0.2) is 20.9 Å². The highest BCUT2D eigenvalue weighted by molar-refractivity contribution is 9.10. The van der Waals surface area contributed by atoms with E-state index in [0.717, 1.165) is 4.47 Å². The highest BCUT2D eigenvalue weighted by atomic mass is 79.9. The maximum absolute atomic E-state index is 5.79. The molecule has 2 rings (SSSR count). The molecule has 0 amide bonds. The fourth-order valence-electron chi connectivity index (χ4n) is 1.31. The molecular weight excluding hydrogens is 284 g/mol. The first-order valence-corrected chi connectivity index (χ1v) is 5.99. The molecule has 0 atom stereocenters. The fourth-order valence-corrected chi connectivity index (χ4v) is 1.60. The molecule has 5 nitrogen and oxygen atoms in total. The van der Waals surface area contributed by atoms with Gasteiger partial charge < -0.3 is 10.5 Å². The summed E-state index contributed by atoms with van der Waals surface area (Å²) >= 11 is 3.34. The second-order valence-corrected chi connectivity index (χ2v) is 4.75. The average Bonchev–Trinajstić information content (AvgIpc) is 2.67. The summed E-state index contributed by atoms with van der Waals surface area (Å²) in [5, 5.41) is 4.15. The van der Waals surface area contributed by atoms with Gasteiger partial charge >= 0.3 is 0 Å². The fraction of sp³-hybridized carbons (Fsp3) is 0.273. The van der Waals surface area contributed by atoms with Gasteiger partial charge in [-0.15, -0.1) is 0 Å². The van der Waals surface area contributed by atoms with Crippen LogP contribution in [0, 0.1) is 0 Å². The number of ether oxygens (including phenoxy) is 1. The summed E-state index contributed by atoms with van der Waals surface area (Å²) in [6, 6.07) is 3.55. The lowest BCUT2D eigenvalue weighted by atomic mass is 10.4. The van der Waals surface area contributed by atoms with E-state index in [1.54, 1.807) is 23.0 Å². The Labute approximate surface area is 108 Å². The molecule has 0 saturated heterocycles. The van der Waals surface area contributed by atoms with Crippen LogP contribution in [-0.2, 0) is 0 Å². The summed E-state index contributed by atoms with van der Waals surface area (Å²) in [4.78, 5) is 4.33. The van der Waals surface area contributed by atoms with Crippen molar-refractivity contribution in [3.05, 3.63) is 29.0 Å². The largest absolute Gasteiger partial charge is 0.473 e. The highest BCUT2D eigenvalue weighted by Gasteiger charge is 2.08. The highest BCUT2D eigenvalue weighted by Crippen LogP contribution is 2.21. The predicted octanol–water partition coefficient (Wildman–Crippen LogP) is 2.40. The van der Waals surface area contributed by atoms with Crippen molar-refractivity contribution in [1.29, 1.82) is 0 Å². The molecule has 0 aliphatic carbocycles. The number of hydrogen-bond acceptors (Lipinski definition) is 4. The Morgan fingerprint density at radius 2 is 2.18 bits per heavy atom. The second-order valence-electron chi connectivity index (χ2n) is 3.83. The van der Waals surface area contributed by atoms with E-state index in [9.17, 15) is 0 Å². The molecule has 0 spiro atoms. The van der Waals surface area contributed by atoms with Gasteiger partial charge in [-0.05, 0) is 41.9 Å². The van der Waals surface area contributed by atoms with E-state index < -0.39 is 0 Å². The van der Waals surface area contributed by atoms with Crippen molar-refractivity contribution in [2.75, 3.05) is 5.73 Å². The number of hydrogen-bond donors (Lipinski definition) is 1. The van der Waals surface area contributed by atoms with Crippen LogP contribution in [0.3, 0.4) is 0 Å². The molecule has 0 bridgehead atoms. The number of anilines is 1. The minimum atomic E-state index is 0.0319. The average molecular weight is 297 g/mol. The number of nitrogens with two attached hydrogens (primary N) is 1. The van der Waals surface area contributed by atoms with Crippen molar-refractivity contribution in [2.45, 2.75) is 20.0 Å². The molecule has 6 heteroatoms. The van der Waals surface area contributed by atoms with Crippen LogP contribution >= 0.6 is 15.9 Å².